The van der Waals surface area contributed by atoms with Gasteiger partial charge in [0.15, 0.2) is 0 Å². The third-order valence-electron chi connectivity index (χ3n) is 13.4. The fourth-order valence-electron chi connectivity index (χ4n) is 10.7. The first-order chi connectivity index (χ1) is 16.9. The van der Waals surface area contributed by atoms with Crippen molar-refractivity contribution in [3.8, 4) is 0 Å². The van der Waals surface area contributed by atoms with E-state index in [1.54, 1.807) is 6.92 Å². The summed E-state index contributed by atoms with van der Waals surface area (Å²) in [6.45, 7) is 12.3. The molecule has 7 heteroatoms. The minimum atomic E-state index is -1.44. The van der Waals surface area contributed by atoms with Gasteiger partial charge in [0.25, 0.3) is 0 Å². The number of carbonyl (C=O) groups is 2. The summed E-state index contributed by atoms with van der Waals surface area (Å²) in [4.78, 5) is 25.4. The van der Waals surface area contributed by atoms with Gasteiger partial charge in [-0.1, -0.05) is 46.3 Å². The highest BCUT2D eigenvalue weighted by Crippen LogP contribution is 2.75. The molecule has 0 aromatic carbocycles. The Hall–Kier alpha value is -1.44. The molecule has 0 spiro atoms. The molecule has 2 unspecified atom stereocenters. The number of allylic oxidation sites excluding steroid dienone is 1. The molecule has 4 saturated carbocycles. The van der Waals surface area contributed by atoms with Crippen LogP contribution in [0.5, 0.6) is 0 Å². The van der Waals surface area contributed by atoms with Crippen LogP contribution in [0.1, 0.15) is 92.9 Å². The minimum absolute atomic E-state index is 0.0689. The number of aliphatic hydroxyl groups is 3. The number of rotatable bonds is 2. The van der Waals surface area contributed by atoms with Crippen molar-refractivity contribution < 1.29 is 35.1 Å². The van der Waals surface area contributed by atoms with E-state index >= 15 is 0 Å². The predicted molar refractivity (Wildman–Crippen MR) is 137 cm³/mol. The third kappa shape index (κ3) is 3.05. The second-order valence-corrected chi connectivity index (χ2v) is 15.0. The van der Waals surface area contributed by atoms with Crippen molar-refractivity contribution in [3.05, 3.63) is 11.6 Å². The lowest BCUT2D eigenvalue weighted by Crippen LogP contribution is -2.69. The molecule has 0 aliphatic heterocycles. The molecule has 0 aromatic heterocycles. The van der Waals surface area contributed by atoms with Crippen molar-refractivity contribution in [2.75, 3.05) is 0 Å². The molecule has 7 nitrogen and oxygen atoms in total. The monoisotopic (exact) mass is 518 g/mol. The zero-order valence-electron chi connectivity index (χ0n) is 23.3. The zero-order valence-corrected chi connectivity index (χ0v) is 23.3. The van der Waals surface area contributed by atoms with Crippen LogP contribution in [-0.2, 0) is 9.59 Å². The summed E-state index contributed by atoms with van der Waals surface area (Å²) in [6, 6.07) is 0. The van der Waals surface area contributed by atoms with Crippen LogP contribution in [0, 0.1) is 50.2 Å². The lowest BCUT2D eigenvalue weighted by Gasteiger charge is -2.71. The third-order valence-corrected chi connectivity index (χ3v) is 13.4. The van der Waals surface area contributed by atoms with Gasteiger partial charge >= 0.3 is 11.9 Å². The largest absolute Gasteiger partial charge is 0.481 e. The Bertz CT molecular complexity index is 1050. The van der Waals surface area contributed by atoms with E-state index < -0.39 is 52.4 Å². The molecule has 0 aromatic rings. The highest BCUT2D eigenvalue weighted by atomic mass is 16.4. The van der Waals surface area contributed by atoms with E-state index in [1.807, 2.05) is 13.8 Å². The maximum atomic E-state index is 12.8. The topological polar surface area (TPSA) is 135 Å². The van der Waals surface area contributed by atoms with Crippen LogP contribution in [0.4, 0.5) is 0 Å². The summed E-state index contributed by atoms with van der Waals surface area (Å²) in [7, 11) is 0. The first-order valence-corrected chi connectivity index (χ1v) is 14.1. The molecule has 5 aliphatic rings. The second kappa shape index (κ2) is 7.82. The van der Waals surface area contributed by atoms with E-state index in [1.165, 1.54) is 0 Å². The van der Waals surface area contributed by atoms with Crippen LogP contribution in [0.2, 0.25) is 0 Å². The molecular weight excluding hydrogens is 472 g/mol. The molecule has 5 N–H and O–H groups in total. The lowest BCUT2D eigenvalue weighted by molar-refractivity contribution is -0.241. The predicted octanol–water partition coefficient (Wildman–Crippen LogP) is 4.24. The number of carboxylic acids is 2. The van der Waals surface area contributed by atoms with E-state index in [-0.39, 0.29) is 28.1 Å². The summed E-state index contributed by atoms with van der Waals surface area (Å²) in [6.07, 6.45) is 3.88. The van der Waals surface area contributed by atoms with E-state index in [0.717, 1.165) is 12.0 Å². The van der Waals surface area contributed by atoms with Crippen LogP contribution in [0.25, 0.3) is 0 Å². The van der Waals surface area contributed by atoms with Crippen molar-refractivity contribution in [2.45, 2.75) is 111 Å². The standard InChI is InChI=1S/C30H46O7/c1-25(2)11-13-30(24(36)37)14-12-27(4)16(20(30)22(25)33)7-8-18-26(3)15-17(31)21(32)29(6,23(34)35)19(26)9-10-28(18,27)5/h7,17-22,31-33H,8-15H2,1-6H3,(H,34,35)(H,36,37)/t17-,18?,19?,20-,21+,22+,26-,27-,28-,29-,30+/m1/s1. The summed E-state index contributed by atoms with van der Waals surface area (Å²) >= 11 is 0. The molecule has 0 saturated heterocycles. The number of hydrogen-bond acceptors (Lipinski definition) is 5. The van der Waals surface area contributed by atoms with Crippen molar-refractivity contribution in [1.82, 2.24) is 0 Å². The fraction of sp³-hybridized carbons (Fsp3) is 0.867. The summed E-state index contributed by atoms with van der Waals surface area (Å²) in [5.74, 6) is -2.53. The molecule has 0 heterocycles. The SMILES string of the molecule is CC1(C)CC[C@]2(C(=O)O)CC[C@]3(C)C(=CCC4[C@@]5(C)C[C@@H](O)[C@H](O)[C@](C)(C(=O)O)C5CC[C@]43C)[C@@H]2[C@@H]1O. The normalized spacial score (nSPS) is 54.6. The van der Waals surface area contributed by atoms with Gasteiger partial charge in [0.05, 0.1) is 29.1 Å². The zero-order chi connectivity index (χ0) is 27.6. The van der Waals surface area contributed by atoms with Gasteiger partial charge in [0.1, 0.15) is 0 Å². The molecule has 5 rings (SSSR count). The van der Waals surface area contributed by atoms with Gasteiger partial charge in [0.2, 0.25) is 0 Å². The molecule has 5 aliphatic carbocycles. The average Bonchev–Trinajstić information content (AvgIpc) is 2.80. The fourth-order valence-corrected chi connectivity index (χ4v) is 10.7. The van der Waals surface area contributed by atoms with Gasteiger partial charge in [-0.2, -0.15) is 0 Å². The van der Waals surface area contributed by atoms with E-state index in [2.05, 4.69) is 26.8 Å². The van der Waals surface area contributed by atoms with Gasteiger partial charge in [-0.15, -0.1) is 0 Å². The van der Waals surface area contributed by atoms with Gasteiger partial charge in [-0.05, 0) is 91.8 Å². The summed E-state index contributed by atoms with van der Waals surface area (Å²) < 4.78 is 0. The van der Waals surface area contributed by atoms with Gasteiger partial charge in [-0.25, -0.2) is 0 Å². The smallest absolute Gasteiger partial charge is 0.312 e. The van der Waals surface area contributed by atoms with Crippen LogP contribution in [0.3, 0.4) is 0 Å². The van der Waals surface area contributed by atoms with Crippen molar-refractivity contribution in [1.29, 1.82) is 0 Å². The molecule has 0 amide bonds. The first kappa shape index (κ1) is 27.1. The Morgan fingerprint density at radius 1 is 0.811 bits per heavy atom. The lowest BCUT2D eigenvalue weighted by atomic mass is 9.33. The quantitative estimate of drug-likeness (QED) is 0.345. The maximum Gasteiger partial charge on any atom is 0.312 e. The molecule has 11 atom stereocenters. The first-order valence-electron chi connectivity index (χ1n) is 14.1. The highest BCUT2D eigenvalue weighted by molar-refractivity contribution is 5.77. The molecular formula is C30H46O7. The van der Waals surface area contributed by atoms with E-state index in [9.17, 15) is 35.1 Å². The minimum Gasteiger partial charge on any atom is -0.481 e. The van der Waals surface area contributed by atoms with E-state index in [0.29, 0.717) is 44.9 Å². The highest BCUT2D eigenvalue weighted by Gasteiger charge is 2.72. The number of fused-ring (bicyclic) bond motifs is 7. The second-order valence-electron chi connectivity index (χ2n) is 15.0. The Morgan fingerprint density at radius 2 is 1.43 bits per heavy atom. The summed E-state index contributed by atoms with van der Waals surface area (Å²) in [5, 5.41) is 54.3. The Balaban J connectivity index is 1.64. The summed E-state index contributed by atoms with van der Waals surface area (Å²) in [5.41, 5.74) is -2.80. The Labute approximate surface area is 220 Å². The van der Waals surface area contributed by atoms with Crippen LogP contribution < -0.4 is 0 Å². The van der Waals surface area contributed by atoms with Crippen molar-refractivity contribution >= 4 is 11.9 Å². The molecule has 37 heavy (non-hydrogen) atoms. The van der Waals surface area contributed by atoms with Crippen LogP contribution >= 0.6 is 0 Å². The number of aliphatic hydroxyl groups excluding tert-OH is 3. The molecule has 0 bridgehead atoms. The van der Waals surface area contributed by atoms with E-state index in [4.69, 9.17) is 0 Å². The number of aliphatic carboxylic acids is 2. The average molecular weight is 519 g/mol. The number of hydrogen-bond donors (Lipinski definition) is 5. The molecule has 208 valence electrons. The van der Waals surface area contributed by atoms with Gasteiger partial charge in [0, 0.05) is 5.92 Å². The van der Waals surface area contributed by atoms with Gasteiger partial charge < -0.3 is 25.5 Å². The maximum absolute atomic E-state index is 12.8. The Morgan fingerprint density at radius 3 is 2.03 bits per heavy atom. The molecule has 0 radical (unpaired) electrons. The van der Waals surface area contributed by atoms with Crippen LogP contribution in [0.15, 0.2) is 11.6 Å². The number of carboxylic acid groups (broad SMARTS) is 2. The Kier molecular flexibility index (Phi) is 5.73. The van der Waals surface area contributed by atoms with Crippen molar-refractivity contribution in [3.63, 3.8) is 0 Å². The molecule has 4 fully saturated rings. The van der Waals surface area contributed by atoms with Crippen molar-refractivity contribution in [2.24, 2.45) is 50.2 Å². The van der Waals surface area contributed by atoms with Crippen LogP contribution in [-0.4, -0.2) is 55.8 Å². The van der Waals surface area contributed by atoms with Gasteiger partial charge in [-0.3, -0.25) is 9.59 Å².